The van der Waals surface area contributed by atoms with Crippen LogP contribution in [-0.2, 0) is 4.79 Å². The van der Waals surface area contributed by atoms with Crippen LogP contribution in [0.2, 0.25) is 0 Å². The van der Waals surface area contributed by atoms with Crippen LogP contribution in [0.25, 0.3) is 0 Å². The van der Waals surface area contributed by atoms with Crippen LogP contribution < -0.4 is 11.1 Å². The Balaban J connectivity index is 2.22. The van der Waals surface area contributed by atoms with E-state index in [9.17, 15) is 4.79 Å². The van der Waals surface area contributed by atoms with Gasteiger partial charge < -0.3 is 11.1 Å². The number of anilines is 1. The number of hydrogen-bond donors (Lipinski definition) is 2. The summed E-state index contributed by atoms with van der Waals surface area (Å²) >= 11 is 0. The minimum Gasteiger partial charge on any atom is -0.327 e. The molecule has 1 aromatic rings. The van der Waals surface area contributed by atoms with Gasteiger partial charge in [0.05, 0.1) is 17.0 Å². The molecule has 1 aromatic carbocycles. The third kappa shape index (κ3) is 2.47. The van der Waals surface area contributed by atoms with Crippen molar-refractivity contribution in [3.63, 3.8) is 0 Å². The van der Waals surface area contributed by atoms with Gasteiger partial charge in [0.25, 0.3) is 0 Å². The number of carbonyl (C=O) groups is 1. The van der Waals surface area contributed by atoms with E-state index in [4.69, 9.17) is 11.0 Å². The van der Waals surface area contributed by atoms with E-state index < -0.39 is 5.41 Å². The van der Waals surface area contributed by atoms with E-state index in [1.165, 1.54) is 0 Å². The Morgan fingerprint density at radius 2 is 2.32 bits per heavy atom. The smallest absolute Gasteiger partial charge is 0.231 e. The van der Waals surface area contributed by atoms with Crippen LogP contribution in [0.1, 0.15) is 37.3 Å². The first-order valence-electron chi connectivity index (χ1n) is 6.55. The number of rotatable bonds is 2. The first-order valence-corrected chi connectivity index (χ1v) is 6.55. The van der Waals surface area contributed by atoms with Crippen LogP contribution in [0.5, 0.6) is 0 Å². The quantitative estimate of drug-likeness (QED) is 0.853. The predicted octanol–water partition coefficient (Wildman–Crippen LogP) is 2.32. The standard InChI is InChI=1S/C15H19N3O/c1-10-5-6-11(9-16)8-12(10)18-14(19)15(2)7-3-4-13(15)17/h5-6,8,13H,3-4,7,17H2,1-2H3,(H,18,19). The minimum atomic E-state index is -0.505. The van der Waals surface area contributed by atoms with Crippen LogP contribution in [0, 0.1) is 23.7 Å². The summed E-state index contributed by atoms with van der Waals surface area (Å²) in [5.74, 6) is -0.0457. The van der Waals surface area contributed by atoms with Crippen LogP contribution in [0.4, 0.5) is 5.69 Å². The summed E-state index contributed by atoms with van der Waals surface area (Å²) in [5, 5.41) is 11.8. The zero-order valence-corrected chi connectivity index (χ0v) is 11.4. The van der Waals surface area contributed by atoms with E-state index in [1.807, 2.05) is 19.9 Å². The summed E-state index contributed by atoms with van der Waals surface area (Å²) in [6.45, 7) is 3.83. The van der Waals surface area contributed by atoms with Gasteiger partial charge in [-0.15, -0.1) is 0 Å². The highest BCUT2D eigenvalue weighted by Crippen LogP contribution is 2.37. The molecule has 3 N–H and O–H groups in total. The topological polar surface area (TPSA) is 78.9 Å². The second-order valence-electron chi connectivity index (χ2n) is 5.51. The number of nitrogens with two attached hydrogens (primary N) is 1. The molecule has 4 heteroatoms. The average molecular weight is 257 g/mol. The summed E-state index contributed by atoms with van der Waals surface area (Å²) in [6.07, 6.45) is 2.69. The van der Waals surface area contributed by atoms with Crippen molar-refractivity contribution in [3.8, 4) is 6.07 Å². The van der Waals surface area contributed by atoms with Crippen molar-refractivity contribution < 1.29 is 4.79 Å². The van der Waals surface area contributed by atoms with Gasteiger partial charge in [-0.25, -0.2) is 0 Å². The fourth-order valence-corrected chi connectivity index (χ4v) is 2.57. The number of nitrogens with zero attached hydrogens (tertiary/aromatic N) is 1. The highest BCUT2D eigenvalue weighted by Gasteiger charge is 2.43. The van der Waals surface area contributed by atoms with E-state index in [1.54, 1.807) is 12.1 Å². The number of benzene rings is 1. The lowest BCUT2D eigenvalue weighted by Crippen LogP contribution is -2.44. The van der Waals surface area contributed by atoms with Gasteiger partial charge in [0.2, 0.25) is 5.91 Å². The zero-order chi connectivity index (χ0) is 14.0. The van der Waals surface area contributed by atoms with Gasteiger partial charge >= 0.3 is 0 Å². The summed E-state index contributed by atoms with van der Waals surface area (Å²) in [6, 6.07) is 7.28. The first kappa shape index (κ1) is 13.6. The number of hydrogen-bond acceptors (Lipinski definition) is 3. The van der Waals surface area contributed by atoms with Crippen LogP contribution in [0.3, 0.4) is 0 Å². The Labute approximate surface area is 113 Å². The SMILES string of the molecule is Cc1ccc(C#N)cc1NC(=O)C1(C)CCCC1N. The number of aryl methyl sites for hydroxylation is 1. The largest absolute Gasteiger partial charge is 0.327 e. The summed E-state index contributed by atoms with van der Waals surface area (Å²) in [5.41, 5.74) is 7.73. The maximum atomic E-state index is 12.4. The van der Waals surface area contributed by atoms with Gasteiger partial charge in [0, 0.05) is 11.7 Å². The molecule has 0 heterocycles. The molecule has 4 nitrogen and oxygen atoms in total. The molecule has 1 aliphatic carbocycles. The van der Waals surface area contributed by atoms with Crippen molar-refractivity contribution in [2.45, 2.75) is 39.2 Å². The van der Waals surface area contributed by atoms with E-state index in [0.717, 1.165) is 24.8 Å². The van der Waals surface area contributed by atoms with Crippen LogP contribution >= 0.6 is 0 Å². The Morgan fingerprint density at radius 1 is 1.58 bits per heavy atom. The molecule has 0 spiro atoms. The van der Waals surface area contributed by atoms with Crippen molar-refractivity contribution in [1.29, 1.82) is 5.26 Å². The summed E-state index contributed by atoms with van der Waals surface area (Å²) < 4.78 is 0. The van der Waals surface area contributed by atoms with E-state index in [-0.39, 0.29) is 11.9 Å². The van der Waals surface area contributed by atoms with Gasteiger partial charge in [0.1, 0.15) is 0 Å². The maximum Gasteiger partial charge on any atom is 0.231 e. The lowest BCUT2D eigenvalue weighted by Gasteiger charge is -2.27. The van der Waals surface area contributed by atoms with Gasteiger partial charge in [0.15, 0.2) is 0 Å². The Hall–Kier alpha value is -1.86. The molecule has 1 amide bonds. The number of amides is 1. The Kier molecular flexibility index (Phi) is 3.59. The molecule has 0 aliphatic heterocycles. The van der Waals surface area contributed by atoms with E-state index in [2.05, 4.69) is 11.4 Å². The highest BCUT2D eigenvalue weighted by molar-refractivity contribution is 5.96. The monoisotopic (exact) mass is 257 g/mol. The molecule has 0 aromatic heterocycles. The molecule has 19 heavy (non-hydrogen) atoms. The van der Waals surface area contributed by atoms with Crippen molar-refractivity contribution in [3.05, 3.63) is 29.3 Å². The molecule has 0 saturated heterocycles. The number of nitriles is 1. The molecule has 0 radical (unpaired) electrons. The first-order chi connectivity index (χ1) is 8.97. The third-order valence-corrected chi connectivity index (χ3v) is 4.16. The fraction of sp³-hybridized carbons (Fsp3) is 0.467. The Bertz CT molecular complexity index is 547. The zero-order valence-electron chi connectivity index (χ0n) is 11.4. The van der Waals surface area contributed by atoms with Gasteiger partial charge in [-0.2, -0.15) is 5.26 Å². The number of carbonyl (C=O) groups excluding carboxylic acids is 1. The Morgan fingerprint density at radius 3 is 2.89 bits per heavy atom. The van der Waals surface area contributed by atoms with Crippen molar-refractivity contribution >= 4 is 11.6 Å². The third-order valence-electron chi connectivity index (χ3n) is 4.16. The fourth-order valence-electron chi connectivity index (χ4n) is 2.57. The normalized spacial score (nSPS) is 25.9. The van der Waals surface area contributed by atoms with Gasteiger partial charge in [-0.1, -0.05) is 12.5 Å². The minimum absolute atomic E-state index is 0.0457. The van der Waals surface area contributed by atoms with Crippen molar-refractivity contribution in [2.75, 3.05) is 5.32 Å². The summed E-state index contributed by atoms with van der Waals surface area (Å²) in [4.78, 5) is 12.4. The molecule has 1 fully saturated rings. The lowest BCUT2D eigenvalue weighted by molar-refractivity contribution is -0.125. The van der Waals surface area contributed by atoms with Crippen LogP contribution in [0.15, 0.2) is 18.2 Å². The molecule has 2 rings (SSSR count). The van der Waals surface area contributed by atoms with Crippen molar-refractivity contribution in [1.82, 2.24) is 0 Å². The average Bonchev–Trinajstić information content (AvgIpc) is 2.73. The molecule has 1 saturated carbocycles. The van der Waals surface area contributed by atoms with Crippen molar-refractivity contribution in [2.24, 2.45) is 11.1 Å². The molecular weight excluding hydrogens is 238 g/mol. The van der Waals surface area contributed by atoms with Gasteiger partial charge in [-0.3, -0.25) is 4.79 Å². The molecular formula is C15H19N3O. The summed E-state index contributed by atoms with van der Waals surface area (Å²) in [7, 11) is 0. The molecule has 1 aliphatic rings. The predicted molar refractivity (Wildman–Crippen MR) is 74.5 cm³/mol. The molecule has 2 unspecified atom stereocenters. The van der Waals surface area contributed by atoms with Crippen LogP contribution in [-0.4, -0.2) is 11.9 Å². The van der Waals surface area contributed by atoms with E-state index >= 15 is 0 Å². The molecule has 100 valence electrons. The lowest BCUT2D eigenvalue weighted by atomic mass is 9.84. The molecule has 2 atom stereocenters. The van der Waals surface area contributed by atoms with Gasteiger partial charge in [-0.05, 0) is 44.4 Å². The maximum absolute atomic E-state index is 12.4. The highest BCUT2D eigenvalue weighted by atomic mass is 16.2. The number of nitrogens with one attached hydrogen (secondary N) is 1. The molecule has 0 bridgehead atoms. The van der Waals surface area contributed by atoms with E-state index in [0.29, 0.717) is 11.3 Å². The second-order valence-corrected chi connectivity index (χ2v) is 5.51. The second kappa shape index (κ2) is 5.02.